The minimum Gasteiger partial charge on any atom is -0.497 e. The van der Waals surface area contributed by atoms with Gasteiger partial charge in [-0.15, -0.1) is 0 Å². The zero-order chi connectivity index (χ0) is 21.4. The van der Waals surface area contributed by atoms with Crippen molar-refractivity contribution >= 4 is 5.52 Å². The van der Waals surface area contributed by atoms with Gasteiger partial charge in [0.05, 0.1) is 12.8 Å². The first-order valence-electron chi connectivity index (χ1n) is 9.74. The van der Waals surface area contributed by atoms with Crippen LogP contribution in [0.1, 0.15) is 11.5 Å². The van der Waals surface area contributed by atoms with Gasteiger partial charge < -0.3 is 13.8 Å². The molecule has 3 aromatic heterocycles. The Labute approximate surface area is 177 Å². The maximum atomic E-state index is 13.0. The molecule has 0 aliphatic heterocycles. The standard InChI is InChI=1S/C23H19N5O3/c1-15-6-3-4-9-18(15)22-24-21(31-26-22)14-27-10-11-28-20(23(27)29)13-19(25-28)16-7-5-8-17(12-16)30-2/h3-13H,14H2,1-2H3. The van der Waals surface area contributed by atoms with Crippen LogP contribution in [0.25, 0.3) is 28.2 Å². The number of methoxy groups -OCH3 is 1. The summed E-state index contributed by atoms with van der Waals surface area (Å²) in [5, 5.41) is 8.58. The second-order valence-electron chi connectivity index (χ2n) is 7.15. The van der Waals surface area contributed by atoms with Crippen molar-refractivity contribution in [2.45, 2.75) is 13.5 Å². The molecule has 0 saturated carbocycles. The normalized spacial score (nSPS) is 11.2. The number of ether oxygens (including phenoxy) is 1. The lowest BCUT2D eigenvalue weighted by molar-refractivity contribution is 0.370. The molecule has 0 fully saturated rings. The fraction of sp³-hybridized carbons (Fsp3) is 0.130. The van der Waals surface area contributed by atoms with Crippen molar-refractivity contribution in [2.75, 3.05) is 7.11 Å². The molecule has 5 rings (SSSR count). The first-order chi connectivity index (χ1) is 15.1. The Morgan fingerprint density at radius 2 is 1.94 bits per heavy atom. The number of hydrogen-bond acceptors (Lipinski definition) is 6. The number of aromatic nitrogens is 5. The molecule has 3 heterocycles. The van der Waals surface area contributed by atoms with E-state index in [-0.39, 0.29) is 12.1 Å². The molecule has 2 aromatic carbocycles. The van der Waals surface area contributed by atoms with Gasteiger partial charge in [-0.05, 0) is 30.7 Å². The SMILES string of the molecule is COc1cccc(-c2cc3c(=O)n(Cc4nc(-c5ccccc5C)no4)ccn3n2)c1. The third-order valence-electron chi connectivity index (χ3n) is 5.13. The molecule has 5 aromatic rings. The van der Waals surface area contributed by atoms with Crippen LogP contribution < -0.4 is 10.3 Å². The summed E-state index contributed by atoms with van der Waals surface area (Å²) in [5.74, 6) is 1.59. The van der Waals surface area contributed by atoms with E-state index < -0.39 is 0 Å². The van der Waals surface area contributed by atoms with Gasteiger partial charge in [0.25, 0.3) is 5.56 Å². The minimum atomic E-state index is -0.195. The quantitative estimate of drug-likeness (QED) is 0.438. The Kier molecular flexibility index (Phi) is 4.59. The predicted octanol–water partition coefficient (Wildman–Crippen LogP) is 3.58. The zero-order valence-electron chi connectivity index (χ0n) is 17.0. The number of hydrogen-bond donors (Lipinski definition) is 0. The Morgan fingerprint density at radius 1 is 1.06 bits per heavy atom. The van der Waals surface area contributed by atoms with E-state index in [1.165, 1.54) is 4.57 Å². The first kappa shape index (κ1) is 18.8. The van der Waals surface area contributed by atoms with Crippen molar-refractivity contribution in [1.82, 2.24) is 24.3 Å². The van der Waals surface area contributed by atoms with Gasteiger partial charge in [0.1, 0.15) is 17.8 Å². The maximum Gasteiger partial charge on any atom is 0.277 e. The molecule has 0 N–H and O–H groups in total. The van der Waals surface area contributed by atoms with E-state index >= 15 is 0 Å². The molecule has 0 bridgehead atoms. The van der Waals surface area contributed by atoms with Crippen molar-refractivity contribution in [3.8, 4) is 28.4 Å². The Hall–Kier alpha value is -4.20. The number of benzene rings is 2. The van der Waals surface area contributed by atoms with Gasteiger partial charge in [0.15, 0.2) is 0 Å². The van der Waals surface area contributed by atoms with Crippen molar-refractivity contribution in [2.24, 2.45) is 0 Å². The molecule has 0 spiro atoms. The lowest BCUT2D eigenvalue weighted by Crippen LogP contribution is -2.21. The monoisotopic (exact) mass is 413 g/mol. The van der Waals surface area contributed by atoms with Gasteiger partial charge in [0.2, 0.25) is 11.7 Å². The highest BCUT2D eigenvalue weighted by molar-refractivity contribution is 5.66. The molecule has 0 radical (unpaired) electrons. The van der Waals surface area contributed by atoms with Crippen LogP contribution in [-0.4, -0.2) is 31.4 Å². The molecule has 0 saturated heterocycles. The summed E-state index contributed by atoms with van der Waals surface area (Å²) in [6.07, 6.45) is 3.40. The minimum absolute atomic E-state index is 0.174. The molecule has 0 atom stereocenters. The fourth-order valence-electron chi connectivity index (χ4n) is 3.47. The van der Waals surface area contributed by atoms with Crippen molar-refractivity contribution in [1.29, 1.82) is 0 Å². The summed E-state index contributed by atoms with van der Waals surface area (Å²) < 4.78 is 13.8. The van der Waals surface area contributed by atoms with Crippen LogP contribution in [-0.2, 0) is 6.54 Å². The van der Waals surface area contributed by atoms with Gasteiger partial charge in [-0.2, -0.15) is 10.1 Å². The number of aryl methyl sites for hydroxylation is 1. The largest absolute Gasteiger partial charge is 0.497 e. The summed E-state index contributed by atoms with van der Waals surface area (Å²) in [6.45, 7) is 2.16. The zero-order valence-corrected chi connectivity index (χ0v) is 17.0. The molecule has 0 amide bonds. The average molecular weight is 413 g/mol. The molecule has 0 aliphatic rings. The number of fused-ring (bicyclic) bond motifs is 1. The second kappa shape index (κ2) is 7.56. The molecule has 0 aliphatic carbocycles. The van der Waals surface area contributed by atoms with Crippen LogP contribution in [0.5, 0.6) is 5.75 Å². The molecular weight excluding hydrogens is 394 g/mol. The Balaban J connectivity index is 1.47. The van der Waals surface area contributed by atoms with Crippen molar-refractivity contribution in [3.63, 3.8) is 0 Å². The number of rotatable bonds is 5. The third kappa shape index (κ3) is 3.48. The van der Waals surface area contributed by atoms with Gasteiger partial charge in [-0.1, -0.05) is 41.6 Å². The molecule has 0 unspecified atom stereocenters. The van der Waals surface area contributed by atoms with Crippen LogP contribution in [0.4, 0.5) is 0 Å². The summed E-state index contributed by atoms with van der Waals surface area (Å²) in [5.41, 5.74) is 3.78. The highest BCUT2D eigenvalue weighted by atomic mass is 16.5. The highest BCUT2D eigenvalue weighted by Gasteiger charge is 2.14. The summed E-state index contributed by atoms with van der Waals surface area (Å²) in [6, 6.07) is 17.1. The first-order valence-corrected chi connectivity index (χ1v) is 9.74. The van der Waals surface area contributed by atoms with Crippen LogP contribution in [0.3, 0.4) is 0 Å². The molecule has 31 heavy (non-hydrogen) atoms. The van der Waals surface area contributed by atoms with Gasteiger partial charge in [-0.3, -0.25) is 4.79 Å². The van der Waals surface area contributed by atoms with Crippen molar-refractivity contribution in [3.05, 3.63) is 88.8 Å². The summed E-state index contributed by atoms with van der Waals surface area (Å²) in [7, 11) is 1.61. The van der Waals surface area contributed by atoms with E-state index in [1.807, 2.05) is 55.5 Å². The van der Waals surface area contributed by atoms with Gasteiger partial charge >= 0.3 is 0 Å². The van der Waals surface area contributed by atoms with E-state index in [4.69, 9.17) is 9.26 Å². The van der Waals surface area contributed by atoms with Gasteiger partial charge in [-0.25, -0.2) is 4.52 Å². The van der Waals surface area contributed by atoms with Crippen LogP contribution in [0, 0.1) is 6.92 Å². The predicted molar refractivity (Wildman–Crippen MR) is 115 cm³/mol. The maximum absolute atomic E-state index is 13.0. The number of nitrogens with zero attached hydrogens (tertiary/aromatic N) is 5. The van der Waals surface area contributed by atoms with Crippen LogP contribution >= 0.6 is 0 Å². The topological polar surface area (TPSA) is 87.5 Å². The Morgan fingerprint density at radius 3 is 2.77 bits per heavy atom. The van der Waals surface area contributed by atoms with E-state index in [9.17, 15) is 4.79 Å². The van der Waals surface area contributed by atoms with E-state index in [0.29, 0.717) is 22.9 Å². The summed E-state index contributed by atoms with van der Waals surface area (Å²) >= 11 is 0. The average Bonchev–Trinajstić information content (AvgIpc) is 3.44. The van der Waals surface area contributed by atoms with Crippen LogP contribution in [0.2, 0.25) is 0 Å². The smallest absolute Gasteiger partial charge is 0.277 e. The molecular formula is C23H19N5O3. The lowest BCUT2D eigenvalue weighted by Gasteiger charge is -2.02. The highest BCUT2D eigenvalue weighted by Crippen LogP contribution is 2.23. The molecule has 154 valence electrons. The van der Waals surface area contributed by atoms with E-state index in [1.54, 1.807) is 30.1 Å². The fourth-order valence-corrected chi connectivity index (χ4v) is 3.47. The molecule has 8 heteroatoms. The van der Waals surface area contributed by atoms with Crippen LogP contribution in [0.15, 0.2) is 76.3 Å². The lowest BCUT2D eigenvalue weighted by atomic mass is 10.1. The third-order valence-corrected chi connectivity index (χ3v) is 5.13. The van der Waals surface area contributed by atoms with E-state index in [2.05, 4.69) is 15.2 Å². The van der Waals surface area contributed by atoms with E-state index in [0.717, 1.165) is 22.4 Å². The second-order valence-corrected chi connectivity index (χ2v) is 7.15. The van der Waals surface area contributed by atoms with Crippen molar-refractivity contribution < 1.29 is 9.26 Å². The molecule has 8 nitrogen and oxygen atoms in total. The van der Waals surface area contributed by atoms with Gasteiger partial charge in [0, 0.05) is 23.5 Å². The Bertz CT molecular complexity index is 1450. The summed E-state index contributed by atoms with van der Waals surface area (Å²) in [4.78, 5) is 17.5.